The Morgan fingerprint density at radius 1 is 0.688 bits per heavy atom. The summed E-state index contributed by atoms with van der Waals surface area (Å²) in [5, 5.41) is 44.0. The van der Waals surface area contributed by atoms with Gasteiger partial charge in [-0.1, -0.05) is 118 Å². The van der Waals surface area contributed by atoms with E-state index >= 15 is 0 Å². The number of aliphatic hydroxyl groups is 3. The highest BCUT2D eigenvalue weighted by Gasteiger charge is 2.67. The summed E-state index contributed by atoms with van der Waals surface area (Å²) in [6.45, 7) is 8.90. The van der Waals surface area contributed by atoms with E-state index in [1.54, 1.807) is 0 Å². The summed E-state index contributed by atoms with van der Waals surface area (Å²) in [5.41, 5.74) is -0.685. The maximum Gasteiger partial charge on any atom is 0.303 e. The van der Waals surface area contributed by atoms with Gasteiger partial charge >= 0.3 is 5.97 Å². The first-order chi connectivity index (χ1) is 23.0. The van der Waals surface area contributed by atoms with E-state index in [-0.39, 0.29) is 58.7 Å². The Balaban J connectivity index is 1.28. The maximum absolute atomic E-state index is 14.1. The van der Waals surface area contributed by atoms with Crippen LogP contribution in [0.3, 0.4) is 0 Å². The molecular formula is C42H74O6. The molecule has 4 saturated carbocycles. The summed E-state index contributed by atoms with van der Waals surface area (Å²) in [4.78, 5) is 25.4. The predicted octanol–water partition coefficient (Wildman–Crippen LogP) is 9.51. The molecule has 0 aromatic carbocycles. The molecule has 0 radical (unpaired) electrons. The zero-order valence-electron chi connectivity index (χ0n) is 31.3. The fourth-order valence-electron chi connectivity index (χ4n) is 12.1. The van der Waals surface area contributed by atoms with Crippen LogP contribution in [0.4, 0.5) is 0 Å². The molecule has 0 aromatic heterocycles. The maximum atomic E-state index is 14.1. The van der Waals surface area contributed by atoms with Crippen molar-refractivity contribution in [1.82, 2.24) is 0 Å². The van der Waals surface area contributed by atoms with Gasteiger partial charge in [-0.05, 0) is 97.7 Å². The van der Waals surface area contributed by atoms with Crippen LogP contribution in [0.25, 0.3) is 0 Å². The first-order valence-electron chi connectivity index (χ1n) is 20.7. The molecule has 0 spiro atoms. The van der Waals surface area contributed by atoms with Crippen molar-refractivity contribution < 1.29 is 30.0 Å². The van der Waals surface area contributed by atoms with Gasteiger partial charge in [-0.2, -0.15) is 0 Å². The Morgan fingerprint density at radius 2 is 1.25 bits per heavy atom. The smallest absolute Gasteiger partial charge is 0.303 e. The molecular weight excluding hydrogens is 600 g/mol. The van der Waals surface area contributed by atoms with Crippen LogP contribution in [-0.2, 0) is 9.59 Å². The van der Waals surface area contributed by atoms with E-state index in [0.29, 0.717) is 44.3 Å². The minimum atomic E-state index is -0.771. The summed E-state index contributed by atoms with van der Waals surface area (Å²) in [6.07, 6.45) is 23.5. The van der Waals surface area contributed by atoms with Crippen molar-refractivity contribution in [1.29, 1.82) is 0 Å². The van der Waals surface area contributed by atoms with Crippen LogP contribution in [0, 0.1) is 52.3 Å². The number of carboxylic acid groups (broad SMARTS) is 1. The molecule has 0 aromatic rings. The summed E-state index contributed by atoms with van der Waals surface area (Å²) >= 11 is 0. The molecule has 4 fully saturated rings. The molecule has 0 aliphatic heterocycles. The van der Waals surface area contributed by atoms with Crippen LogP contribution >= 0.6 is 0 Å². The number of hydrogen-bond acceptors (Lipinski definition) is 5. The Hall–Kier alpha value is -0.980. The van der Waals surface area contributed by atoms with E-state index in [0.717, 1.165) is 25.7 Å². The van der Waals surface area contributed by atoms with Crippen molar-refractivity contribution in [2.24, 2.45) is 52.3 Å². The first kappa shape index (κ1) is 39.8. The first-order valence-corrected chi connectivity index (χ1v) is 20.7. The Morgan fingerprint density at radius 3 is 1.81 bits per heavy atom. The quantitative estimate of drug-likeness (QED) is 0.0902. The Bertz CT molecular complexity index is 999. The number of rotatable bonds is 21. The van der Waals surface area contributed by atoms with Gasteiger partial charge in [-0.25, -0.2) is 0 Å². The minimum absolute atomic E-state index is 0.0349. The second-order valence-corrected chi connectivity index (χ2v) is 17.7. The van der Waals surface area contributed by atoms with Crippen LogP contribution in [-0.4, -0.2) is 50.5 Å². The monoisotopic (exact) mass is 675 g/mol. The number of Topliss-reactive ketones (excluding diaryl/α,β-unsaturated/α-hetero) is 1. The van der Waals surface area contributed by atoms with Crippen molar-refractivity contribution in [3.8, 4) is 0 Å². The summed E-state index contributed by atoms with van der Waals surface area (Å²) in [6, 6.07) is 0. The number of hydrogen-bond donors (Lipinski definition) is 4. The van der Waals surface area contributed by atoms with Gasteiger partial charge in [-0.3, -0.25) is 9.59 Å². The second-order valence-electron chi connectivity index (χ2n) is 17.7. The van der Waals surface area contributed by atoms with Crippen LogP contribution < -0.4 is 0 Å². The van der Waals surface area contributed by atoms with E-state index in [9.17, 15) is 30.0 Å². The fourth-order valence-corrected chi connectivity index (χ4v) is 12.1. The Kier molecular flexibility index (Phi) is 15.3. The second kappa shape index (κ2) is 18.5. The molecule has 4 aliphatic carbocycles. The van der Waals surface area contributed by atoms with Gasteiger partial charge in [0.2, 0.25) is 0 Å². The molecule has 0 bridgehead atoms. The molecule has 12 atom stereocenters. The number of carbonyl (C=O) groups is 2. The van der Waals surface area contributed by atoms with Crippen LogP contribution in [0.5, 0.6) is 0 Å². The lowest BCUT2D eigenvalue weighted by molar-refractivity contribution is -0.221. The molecule has 4 N–H and O–H groups in total. The standard InChI is InChI=1S/C42H74O6/c1-5-6-7-8-9-10-11-12-13-14-15-16-17-18-19-20-36(44)34-27-31(43)25-30-26-37(45)40-33-23-22-32(29(2)21-24-39(47)48)42(33,4)38(46)28-35(40)41(30,34)3/h29-35,37-38,40,43,45-46H,5-28H2,1-4H3,(H,47,48)/t29-,30+,31+,32-,33+,34?,35+,37-,38+,40+,41-,42-/m1/s1. The molecule has 6 nitrogen and oxygen atoms in total. The highest BCUT2D eigenvalue weighted by atomic mass is 16.4. The predicted molar refractivity (Wildman–Crippen MR) is 193 cm³/mol. The van der Waals surface area contributed by atoms with Crippen LogP contribution in [0.15, 0.2) is 0 Å². The summed E-state index contributed by atoms with van der Waals surface area (Å²) in [5.74, 6) is 0.0492. The van der Waals surface area contributed by atoms with E-state index < -0.39 is 24.3 Å². The van der Waals surface area contributed by atoms with Gasteiger partial charge in [0.1, 0.15) is 5.78 Å². The molecule has 0 heterocycles. The molecule has 0 amide bonds. The zero-order valence-corrected chi connectivity index (χ0v) is 31.3. The van der Waals surface area contributed by atoms with Crippen molar-refractivity contribution in [2.75, 3.05) is 0 Å². The molecule has 0 saturated heterocycles. The third-order valence-corrected chi connectivity index (χ3v) is 14.9. The van der Waals surface area contributed by atoms with E-state index in [2.05, 4.69) is 27.7 Å². The summed E-state index contributed by atoms with van der Waals surface area (Å²) < 4.78 is 0. The number of fused-ring (bicyclic) bond motifs is 5. The number of ketones is 1. The SMILES string of the molecule is CCCCCCCCCCCCCCCCCC(=O)C1C[C@@H](O)C[C@H]2C[C@@H](O)[C@@H]3[C@H](C[C@H](O)[C@]4(C)[C@@H]([C@H](C)CCC(=O)O)CC[C@@H]34)[C@@]12C. The largest absolute Gasteiger partial charge is 0.481 e. The average Bonchev–Trinajstić information content (AvgIpc) is 3.41. The van der Waals surface area contributed by atoms with Gasteiger partial charge in [-0.15, -0.1) is 0 Å². The number of aliphatic carboxylic acids is 1. The van der Waals surface area contributed by atoms with Crippen LogP contribution in [0.2, 0.25) is 0 Å². The molecule has 48 heavy (non-hydrogen) atoms. The van der Waals surface area contributed by atoms with Gasteiger partial charge in [0.25, 0.3) is 0 Å². The molecule has 278 valence electrons. The molecule has 6 heteroatoms. The minimum Gasteiger partial charge on any atom is -0.481 e. The van der Waals surface area contributed by atoms with Crippen LogP contribution in [0.1, 0.15) is 182 Å². The number of unbranched alkanes of at least 4 members (excludes halogenated alkanes) is 14. The molecule has 1 unspecified atom stereocenters. The van der Waals surface area contributed by atoms with Gasteiger partial charge in [0.05, 0.1) is 18.3 Å². The zero-order chi connectivity index (χ0) is 34.9. The normalized spacial score (nSPS) is 38.2. The van der Waals surface area contributed by atoms with Gasteiger partial charge in [0, 0.05) is 18.8 Å². The Labute approximate surface area is 293 Å². The fraction of sp³-hybridized carbons (Fsp3) is 0.952. The van der Waals surface area contributed by atoms with Crippen molar-refractivity contribution in [2.45, 2.75) is 200 Å². The topological polar surface area (TPSA) is 115 Å². The lowest BCUT2D eigenvalue weighted by atomic mass is 9.40. The third-order valence-electron chi connectivity index (χ3n) is 14.9. The van der Waals surface area contributed by atoms with E-state index in [4.69, 9.17) is 0 Å². The van der Waals surface area contributed by atoms with Gasteiger partial charge in [0.15, 0.2) is 0 Å². The highest BCUT2D eigenvalue weighted by Crippen LogP contribution is 2.69. The highest BCUT2D eigenvalue weighted by molar-refractivity contribution is 5.82. The number of carbonyl (C=O) groups excluding carboxylic acids is 1. The average molecular weight is 675 g/mol. The number of carboxylic acids is 1. The molecule has 4 aliphatic rings. The lowest BCUT2D eigenvalue weighted by Gasteiger charge is -2.65. The summed E-state index contributed by atoms with van der Waals surface area (Å²) in [7, 11) is 0. The molecule has 4 rings (SSSR count). The lowest BCUT2D eigenvalue weighted by Crippen LogP contribution is -2.65. The van der Waals surface area contributed by atoms with E-state index in [1.165, 1.54) is 83.5 Å². The van der Waals surface area contributed by atoms with Crippen molar-refractivity contribution in [3.05, 3.63) is 0 Å². The van der Waals surface area contributed by atoms with Crippen molar-refractivity contribution >= 4 is 11.8 Å². The number of aliphatic hydroxyl groups excluding tert-OH is 3. The van der Waals surface area contributed by atoms with Gasteiger partial charge < -0.3 is 20.4 Å². The third kappa shape index (κ3) is 9.08. The van der Waals surface area contributed by atoms with E-state index in [1.807, 2.05) is 0 Å². The van der Waals surface area contributed by atoms with Crippen molar-refractivity contribution in [3.63, 3.8) is 0 Å².